The minimum atomic E-state index is -0.457. The van der Waals surface area contributed by atoms with Gasteiger partial charge in [-0.05, 0) is 18.6 Å². The maximum Gasteiger partial charge on any atom is 0.269 e. The van der Waals surface area contributed by atoms with E-state index in [1.165, 1.54) is 35.2 Å². The first-order valence-corrected chi connectivity index (χ1v) is 9.67. The second-order valence-corrected chi connectivity index (χ2v) is 7.37. The molecule has 2 aromatic heterocycles. The maximum absolute atomic E-state index is 12.1. The molecule has 0 aliphatic rings. The zero-order valence-corrected chi connectivity index (χ0v) is 16.1. The Bertz CT molecular complexity index is 968. The summed E-state index contributed by atoms with van der Waals surface area (Å²) in [6.45, 7) is 1.97. The van der Waals surface area contributed by atoms with Crippen LogP contribution in [0.25, 0.3) is 11.4 Å². The Balaban J connectivity index is 1.63. The van der Waals surface area contributed by atoms with Crippen molar-refractivity contribution in [3.8, 4) is 11.4 Å². The van der Waals surface area contributed by atoms with E-state index in [0.717, 1.165) is 11.4 Å². The van der Waals surface area contributed by atoms with E-state index in [-0.39, 0.29) is 17.3 Å². The number of amides is 1. The number of nitro groups is 1. The molecule has 0 bridgehead atoms. The van der Waals surface area contributed by atoms with Crippen molar-refractivity contribution in [2.24, 2.45) is 7.05 Å². The Labute approximate surface area is 162 Å². The number of thioether (sulfide) groups is 1. The first kappa shape index (κ1) is 18.9. The highest BCUT2D eigenvalue weighted by Gasteiger charge is 2.15. The lowest BCUT2D eigenvalue weighted by atomic mass is 10.2. The number of non-ortho nitro benzene ring substituents is 1. The topological polar surface area (TPSA) is 129 Å². The number of aryl methyl sites for hydroxylation is 1. The third kappa shape index (κ3) is 4.46. The smallest absolute Gasteiger partial charge is 0.269 e. The van der Waals surface area contributed by atoms with Crippen molar-refractivity contribution in [2.75, 3.05) is 11.1 Å². The Hall–Kier alpha value is -2.86. The van der Waals surface area contributed by atoms with Crippen LogP contribution in [-0.4, -0.2) is 41.5 Å². The lowest BCUT2D eigenvalue weighted by Crippen LogP contribution is -2.14. The minimum absolute atomic E-state index is 0.00935. The van der Waals surface area contributed by atoms with E-state index in [1.54, 1.807) is 23.7 Å². The van der Waals surface area contributed by atoms with Gasteiger partial charge in [0.2, 0.25) is 11.0 Å². The number of nitro benzene ring substituents is 1. The lowest BCUT2D eigenvalue weighted by Gasteiger charge is -2.04. The van der Waals surface area contributed by atoms with Gasteiger partial charge in [0.25, 0.3) is 5.69 Å². The summed E-state index contributed by atoms with van der Waals surface area (Å²) in [7, 11) is 1.77. The van der Waals surface area contributed by atoms with Gasteiger partial charge in [-0.1, -0.05) is 30.0 Å². The molecule has 2 heterocycles. The zero-order valence-electron chi connectivity index (χ0n) is 14.4. The molecule has 0 unspecified atom stereocenters. The number of benzene rings is 1. The quantitative estimate of drug-likeness (QED) is 0.361. The molecule has 27 heavy (non-hydrogen) atoms. The number of carbonyl (C=O) groups is 1. The van der Waals surface area contributed by atoms with E-state index < -0.39 is 4.92 Å². The highest BCUT2D eigenvalue weighted by molar-refractivity contribution is 7.99. The molecule has 0 radical (unpaired) electrons. The molecule has 12 heteroatoms. The van der Waals surface area contributed by atoms with E-state index in [2.05, 4.69) is 25.7 Å². The number of carbonyl (C=O) groups excluding carboxylic acids is 1. The van der Waals surface area contributed by atoms with Crippen LogP contribution in [0, 0.1) is 10.1 Å². The summed E-state index contributed by atoms with van der Waals surface area (Å²) in [6, 6.07) is 6.06. The van der Waals surface area contributed by atoms with Crippen LogP contribution >= 0.6 is 23.1 Å². The fourth-order valence-electron chi connectivity index (χ4n) is 2.16. The van der Waals surface area contributed by atoms with Crippen molar-refractivity contribution < 1.29 is 9.72 Å². The molecule has 0 aliphatic carbocycles. The highest BCUT2D eigenvalue weighted by Crippen LogP contribution is 2.24. The van der Waals surface area contributed by atoms with Gasteiger partial charge in [-0.25, -0.2) is 0 Å². The number of rotatable bonds is 7. The van der Waals surface area contributed by atoms with Crippen molar-refractivity contribution in [3.63, 3.8) is 0 Å². The van der Waals surface area contributed by atoms with E-state index in [9.17, 15) is 14.9 Å². The van der Waals surface area contributed by atoms with Crippen molar-refractivity contribution in [2.45, 2.75) is 18.5 Å². The van der Waals surface area contributed by atoms with Crippen LogP contribution in [0.2, 0.25) is 0 Å². The molecular formula is C15H15N7O3S2. The Kier molecular flexibility index (Phi) is 5.76. The van der Waals surface area contributed by atoms with Crippen molar-refractivity contribution in [1.29, 1.82) is 0 Å². The number of hydrogen-bond donors (Lipinski definition) is 1. The zero-order chi connectivity index (χ0) is 19.4. The van der Waals surface area contributed by atoms with Crippen LogP contribution in [0.15, 0.2) is 29.4 Å². The van der Waals surface area contributed by atoms with Gasteiger partial charge in [0.1, 0.15) is 5.01 Å². The van der Waals surface area contributed by atoms with Gasteiger partial charge in [0, 0.05) is 24.7 Å². The number of nitrogens with zero attached hydrogens (tertiary/aromatic N) is 6. The molecule has 0 fully saturated rings. The van der Waals surface area contributed by atoms with Gasteiger partial charge in [0.15, 0.2) is 11.0 Å². The molecule has 0 spiro atoms. The molecule has 10 nitrogen and oxygen atoms in total. The van der Waals surface area contributed by atoms with Crippen molar-refractivity contribution in [1.82, 2.24) is 25.0 Å². The number of anilines is 1. The molecule has 3 aromatic rings. The van der Waals surface area contributed by atoms with Gasteiger partial charge >= 0.3 is 0 Å². The van der Waals surface area contributed by atoms with E-state index in [4.69, 9.17) is 0 Å². The molecule has 0 saturated heterocycles. The van der Waals surface area contributed by atoms with Crippen molar-refractivity contribution in [3.05, 3.63) is 39.4 Å². The number of nitrogens with one attached hydrogen (secondary N) is 1. The molecule has 3 rings (SSSR count). The van der Waals surface area contributed by atoms with Gasteiger partial charge in [-0.15, -0.1) is 20.4 Å². The van der Waals surface area contributed by atoms with Gasteiger partial charge in [0.05, 0.1) is 10.7 Å². The lowest BCUT2D eigenvalue weighted by molar-refractivity contribution is -0.384. The average molecular weight is 405 g/mol. The SMILES string of the molecule is CCc1nnc(NC(=O)CSc2nnc(-c3ccc([N+](=O)[O-])cc3)n2C)s1. The number of hydrogen-bond acceptors (Lipinski definition) is 9. The van der Waals surface area contributed by atoms with Gasteiger partial charge < -0.3 is 4.57 Å². The Morgan fingerprint density at radius 3 is 2.63 bits per heavy atom. The molecule has 1 aromatic carbocycles. The first-order valence-electron chi connectivity index (χ1n) is 7.87. The van der Waals surface area contributed by atoms with Crippen LogP contribution in [0.1, 0.15) is 11.9 Å². The summed E-state index contributed by atoms with van der Waals surface area (Å²) in [6.07, 6.45) is 0.770. The summed E-state index contributed by atoms with van der Waals surface area (Å²) in [5, 5.41) is 31.4. The minimum Gasteiger partial charge on any atom is -0.305 e. The molecule has 0 aliphatic heterocycles. The third-order valence-electron chi connectivity index (χ3n) is 3.52. The van der Waals surface area contributed by atoms with E-state index in [1.807, 2.05) is 6.92 Å². The summed E-state index contributed by atoms with van der Waals surface area (Å²) >= 11 is 2.58. The predicted molar refractivity (Wildman–Crippen MR) is 102 cm³/mol. The monoisotopic (exact) mass is 405 g/mol. The molecule has 1 amide bonds. The molecule has 0 saturated carbocycles. The maximum atomic E-state index is 12.1. The molecule has 1 N–H and O–H groups in total. The van der Waals surface area contributed by atoms with Crippen LogP contribution < -0.4 is 5.32 Å². The van der Waals surface area contributed by atoms with Crippen LogP contribution in [-0.2, 0) is 18.3 Å². The van der Waals surface area contributed by atoms with Crippen LogP contribution in [0.4, 0.5) is 10.8 Å². The van der Waals surface area contributed by atoms with E-state index >= 15 is 0 Å². The summed E-state index contributed by atoms with van der Waals surface area (Å²) in [5.74, 6) is 0.496. The summed E-state index contributed by atoms with van der Waals surface area (Å²) in [5.41, 5.74) is 0.711. The van der Waals surface area contributed by atoms with Crippen molar-refractivity contribution >= 4 is 39.8 Å². The molecular weight excluding hydrogens is 390 g/mol. The van der Waals surface area contributed by atoms with Crippen LogP contribution in [0.5, 0.6) is 0 Å². The standard InChI is InChI=1S/C15H15N7O3S2/c1-3-12-17-19-14(27-12)16-11(23)8-26-15-20-18-13(21(15)2)9-4-6-10(7-5-9)22(24)25/h4-7H,3,8H2,1-2H3,(H,16,19,23). The van der Waals surface area contributed by atoms with Gasteiger partial charge in [-0.2, -0.15) is 0 Å². The normalized spacial score (nSPS) is 10.7. The second-order valence-electron chi connectivity index (χ2n) is 5.36. The molecule has 0 atom stereocenters. The summed E-state index contributed by atoms with van der Waals surface area (Å²) < 4.78 is 1.74. The first-order chi connectivity index (χ1) is 13.0. The van der Waals surface area contributed by atoms with E-state index in [0.29, 0.717) is 21.7 Å². The Morgan fingerprint density at radius 2 is 2.00 bits per heavy atom. The average Bonchev–Trinajstić information content (AvgIpc) is 3.26. The fraction of sp³-hybridized carbons (Fsp3) is 0.267. The highest BCUT2D eigenvalue weighted by atomic mass is 32.2. The second kappa shape index (κ2) is 8.22. The predicted octanol–water partition coefficient (Wildman–Crippen LogP) is 2.54. The summed E-state index contributed by atoms with van der Waals surface area (Å²) in [4.78, 5) is 22.3. The molecule has 140 valence electrons. The fourth-order valence-corrected chi connectivity index (χ4v) is 3.56. The largest absolute Gasteiger partial charge is 0.305 e. The number of aromatic nitrogens is 5. The third-order valence-corrected chi connectivity index (χ3v) is 5.52. The Morgan fingerprint density at radius 1 is 1.26 bits per heavy atom. The van der Waals surface area contributed by atoms with Crippen LogP contribution in [0.3, 0.4) is 0 Å². The van der Waals surface area contributed by atoms with Gasteiger partial charge in [-0.3, -0.25) is 20.2 Å².